The molecule has 0 spiro atoms. The van der Waals surface area contributed by atoms with Gasteiger partial charge in [0.2, 0.25) is 0 Å². The van der Waals surface area contributed by atoms with Crippen LogP contribution in [0.25, 0.3) is 0 Å². The molecule has 0 fully saturated rings. The van der Waals surface area contributed by atoms with Crippen molar-refractivity contribution in [1.29, 1.82) is 0 Å². The molecule has 3 rings (SSSR count). The van der Waals surface area contributed by atoms with Gasteiger partial charge in [-0.2, -0.15) is 0 Å². The molecule has 0 aliphatic carbocycles. The second-order valence-electron chi connectivity index (χ2n) is 6.72. The van der Waals surface area contributed by atoms with Crippen molar-refractivity contribution in [2.75, 3.05) is 5.32 Å². The minimum Gasteiger partial charge on any atom is -0.322 e. The van der Waals surface area contributed by atoms with Crippen LogP contribution >= 0.6 is 12.2 Å². The van der Waals surface area contributed by atoms with Gasteiger partial charge in [-0.05, 0) is 79.3 Å². The fraction of sp³-hybridized carbons (Fsp3) is 0.0435. The summed E-state index contributed by atoms with van der Waals surface area (Å²) in [6, 6.07) is 18.4. The Morgan fingerprint density at radius 2 is 1.34 bits per heavy atom. The van der Waals surface area contributed by atoms with E-state index in [1.165, 1.54) is 24.3 Å². The quantitative estimate of drug-likeness (QED) is 0.361. The zero-order valence-electron chi connectivity index (χ0n) is 16.9. The highest BCUT2D eigenvalue weighted by molar-refractivity contribution is 7.80. The fourth-order valence-electron chi connectivity index (χ4n) is 2.72. The first kappa shape index (κ1) is 22.6. The average molecular weight is 450 g/mol. The molecule has 0 radical (unpaired) electrons. The van der Waals surface area contributed by atoms with Crippen LogP contribution in [0.2, 0.25) is 0 Å². The Hall–Kier alpha value is -4.11. The molecule has 3 aromatic rings. The van der Waals surface area contributed by atoms with Crippen LogP contribution in [0.15, 0.2) is 72.8 Å². The number of carbonyl (C=O) groups is 3. The number of rotatable bonds is 4. The largest absolute Gasteiger partial charge is 0.322 e. The molecular weight excluding hydrogens is 431 g/mol. The maximum atomic E-state index is 12.9. The van der Waals surface area contributed by atoms with E-state index in [0.29, 0.717) is 16.8 Å². The van der Waals surface area contributed by atoms with Crippen LogP contribution in [0.3, 0.4) is 0 Å². The van der Waals surface area contributed by atoms with Gasteiger partial charge in [0, 0.05) is 22.4 Å². The molecule has 3 amide bonds. The van der Waals surface area contributed by atoms with Crippen LogP contribution in [0.4, 0.5) is 10.1 Å². The molecule has 3 aromatic carbocycles. The number of hydrogen-bond acceptors (Lipinski definition) is 4. The number of nitrogens with one attached hydrogen (secondary N) is 4. The summed E-state index contributed by atoms with van der Waals surface area (Å²) in [5.74, 6) is -1.76. The summed E-state index contributed by atoms with van der Waals surface area (Å²) in [5.41, 5.74) is 7.26. The summed E-state index contributed by atoms with van der Waals surface area (Å²) in [5, 5.41) is 5.02. The third kappa shape index (κ3) is 5.96. The molecule has 0 aromatic heterocycles. The molecule has 0 saturated carbocycles. The maximum absolute atomic E-state index is 12.9. The predicted octanol–water partition coefficient (Wildman–Crippen LogP) is 3.34. The number of halogens is 1. The van der Waals surface area contributed by atoms with Crippen molar-refractivity contribution in [2.24, 2.45) is 0 Å². The second-order valence-corrected chi connectivity index (χ2v) is 7.12. The maximum Gasteiger partial charge on any atom is 0.269 e. The van der Waals surface area contributed by atoms with Crippen molar-refractivity contribution in [1.82, 2.24) is 16.2 Å². The Labute approximate surface area is 189 Å². The number of hydrazine groups is 1. The zero-order chi connectivity index (χ0) is 23.1. The van der Waals surface area contributed by atoms with Gasteiger partial charge in [0.1, 0.15) is 5.82 Å². The van der Waals surface area contributed by atoms with Crippen LogP contribution in [0.1, 0.15) is 36.6 Å². The van der Waals surface area contributed by atoms with E-state index in [1.54, 1.807) is 24.3 Å². The molecule has 0 saturated heterocycles. The lowest BCUT2D eigenvalue weighted by Crippen LogP contribution is -2.48. The van der Waals surface area contributed by atoms with Crippen molar-refractivity contribution in [3.8, 4) is 0 Å². The minimum atomic E-state index is -0.550. The van der Waals surface area contributed by atoms with Gasteiger partial charge in [-0.15, -0.1) is 0 Å². The number of thiocarbonyl (C=S) groups is 1. The second kappa shape index (κ2) is 10.3. The smallest absolute Gasteiger partial charge is 0.269 e. The molecule has 4 N–H and O–H groups in total. The van der Waals surface area contributed by atoms with Gasteiger partial charge in [0.15, 0.2) is 5.11 Å². The van der Waals surface area contributed by atoms with Gasteiger partial charge < -0.3 is 5.32 Å². The number of aryl methyl sites for hydroxylation is 1. The molecule has 9 heteroatoms. The van der Waals surface area contributed by atoms with Crippen LogP contribution in [0.5, 0.6) is 0 Å². The van der Waals surface area contributed by atoms with Crippen molar-refractivity contribution >= 4 is 40.7 Å². The summed E-state index contributed by atoms with van der Waals surface area (Å²) < 4.78 is 12.9. The zero-order valence-corrected chi connectivity index (χ0v) is 17.8. The number of amides is 3. The number of carbonyl (C=O) groups excluding carboxylic acids is 3. The van der Waals surface area contributed by atoms with Crippen molar-refractivity contribution < 1.29 is 18.8 Å². The lowest BCUT2D eigenvalue weighted by atomic mass is 10.1. The standard InChI is InChI=1S/C23H19FN4O3S/c1-14-4-2-3-5-19(14)22(31)25-18-12-8-16(9-13-18)21(30)27-28-23(32)26-20(29)15-6-10-17(24)11-7-15/h2-13H,1H3,(H,25,31)(H,27,30)(H2,26,28,29,32). The van der Waals surface area contributed by atoms with E-state index in [9.17, 15) is 18.8 Å². The Kier molecular flexibility index (Phi) is 7.25. The fourth-order valence-corrected chi connectivity index (χ4v) is 2.87. The number of hydrogen-bond donors (Lipinski definition) is 4. The summed E-state index contributed by atoms with van der Waals surface area (Å²) in [6.07, 6.45) is 0. The van der Waals surface area contributed by atoms with Crippen molar-refractivity contribution in [2.45, 2.75) is 6.92 Å². The van der Waals surface area contributed by atoms with Gasteiger partial charge >= 0.3 is 0 Å². The highest BCUT2D eigenvalue weighted by Crippen LogP contribution is 2.13. The van der Waals surface area contributed by atoms with Crippen LogP contribution < -0.4 is 21.5 Å². The topological polar surface area (TPSA) is 99.3 Å². The molecule has 0 atom stereocenters. The highest BCUT2D eigenvalue weighted by Gasteiger charge is 2.11. The summed E-state index contributed by atoms with van der Waals surface area (Å²) >= 11 is 4.97. The first-order valence-electron chi connectivity index (χ1n) is 9.48. The van der Waals surface area contributed by atoms with E-state index in [0.717, 1.165) is 17.7 Å². The van der Waals surface area contributed by atoms with Crippen LogP contribution in [0, 0.1) is 12.7 Å². The van der Waals surface area contributed by atoms with Crippen molar-refractivity contribution in [3.05, 3.63) is 101 Å². The van der Waals surface area contributed by atoms with Crippen LogP contribution in [-0.2, 0) is 0 Å². The third-order valence-corrected chi connectivity index (χ3v) is 4.62. The first-order valence-corrected chi connectivity index (χ1v) is 9.88. The number of anilines is 1. The Morgan fingerprint density at radius 3 is 2.00 bits per heavy atom. The van der Waals surface area contributed by atoms with Gasteiger partial charge in [-0.25, -0.2) is 4.39 Å². The Bertz CT molecular complexity index is 1160. The molecule has 0 bridgehead atoms. The van der Waals surface area contributed by atoms with E-state index in [4.69, 9.17) is 12.2 Å². The number of benzene rings is 3. The van der Waals surface area contributed by atoms with E-state index >= 15 is 0 Å². The van der Waals surface area contributed by atoms with E-state index in [1.807, 2.05) is 19.1 Å². The van der Waals surface area contributed by atoms with E-state index < -0.39 is 17.6 Å². The Balaban J connectivity index is 1.50. The van der Waals surface area contributed by atoms with Gasteiger partial charge in [0.05, 0.1) is 0 Å². The van der Waals surface area contributed by atoms with Crippen molar-refractivity contribution in [3.63, 3.8) is 0 Å². The summed E-state index contributed by atoms with van der Waals surface area (Å²) in [4.78, 5) is 36.7. The third-order valence-electron chi connectivity index (χ3n) is 4.42. The Morgan fingerprint density at radius 1 is 0.750 bits per heavy atom. The monoisotopic (exact) mass is 450 g/mol. The minimum absolute atomic E-state index is 0.130. The highest BCUT2D eigenvalue weighted by atomic mass is 32.1. The first-order chi connectivity index (χ1) is 15.3. The van der Waals surface area contributed by atoms with Gasteiger partial charge in [-0.3, -0.25) is 30.6 Å². The van der Waals surface area contributed by atoms with Gasteiger partial charge in [0.25, 0.3) is 17.7 Å². The molecule has 162 valence electrons. The predicted molar refractivity (Wildman–Crippen MR) is 123 cm³/mol. The summed E-state index contributed by atoms with van der Waals surface area (Å²) in [6.45, 7) is 1.85. The van der Waals surface area contributed by atoms with E-state index in [-0.39, 0.29) is 16.6 Å². The van der Waals surface area contributed by atoms with Gasteiger partial charge in [-0.1, -0.05) is 18.2 Å². The molecule has 0 unspecified atom stereocenters. The van der Waals surface area contributed by atoms with Crippen LogP contribution in [-0.4, -0.2) is 22.8 Å². The molecule has 0 aliphatic heterocycles. The average Bonchev–Trinajstić information content (AvgIpc) is 2.78. The lowest BCUT2D eigenvalue weighted by molar-refractivity contribution is 0.0934. The molecule has 7 nitrogen and oxygen atoms in total. The molecule has 0 aliphatic rings. The SMILES string of the molecule is Cc1ccccc1C(=O)Nc1ccc(C(=O)NNC(=S)NC(=O)c2ccc(F)cc2)cc1. The molecule has 0 heterocycles. The van der Waals surface area contributed by atoms with E-state index in [2.05, 4.69) is 21.5 Å². The normalized spacial score (nSPS) is 10.1. The lowest BCUT2D eigenvalue weighted by Gasteiger charge is -2.11. The molecule has 32 heavy (non-hydrogen) atoms. The summed E-state index contributed by atoms with van der Waals surface area (Å²) in [7, 11) is 0. The molecular formula is C23H19FN4O3S.